The molecule has 0 aliphatic carbocycles. The van der Waals surface area contributed by atoms with Crippen LogP contribution in [0.25, 0.3) is 0 Å². The van der Waals surface area contributed by atoms with E-state index in [1.54, 1.807) is 0 Å². The summed E-state index contributed by atoms with van der Waals surface area (Å²) in [7, 11) is -3.52. The maximum atomic E-state index is 8.75. The molecule has 0 bridgehead atoms. The van der Waals surface area contributed by atoms with Crippen LogP contribution < -0.4 is 0 Å². The minimum Gasteiger partial charge on any atom is -0.449 e. The molecule has 3 nitrogen and oxygen atoms in total. The number of aliphatic hydroxyl groups is 2. The summed E-state index contributed by atoms with van der Waals surface area (Å²) in [6.07, 6.45) is 7.77. The van der Waals surface area contributed by atoms with E-state index in [1.807, 2.05) is 0 Å². The fraction of sp³-hybridized carbons (Fsp3) is 0.714. The van der Waals surface area contributed by atoms with Crippen LogP contribution in [0.2, 0.25) is 26.2 Å². The van der Waals surface area contributed by atoms with Crippen molar-refractivity contribution < 1.29 is 14.3 Å². The van der Waals surface area contributed by atoms with E-state index in [0.29, 0.717) is 0 Å². The molecule has 5 heteroatoms. The Morgan fingerprint density at radius 2 is 1.16 bits per heavy atom. The molecule has 0 heterocycles. The Morgan fingerprint density at radius 3 is 1.47 bits per heavy atom. The normalized spacial score (nSPS) is 13.8. The second-order valence-electron chi connectivity index (χ2n) is 5.85. The summed E-state index contributed by atoms with van der Waals surface area (Å²) >= 11 is 0. The Bertz CT molecular complexity index is 258. The van der Waals surface area contributed by atoms with Gasteiger partial charge < -0.3 is 14.3 Å². The summed E-state index contributed by atoms with van der Waals surface area (Å²) in [5.41, 5.74) is 4.44. The lowest BCUT2D eigenvalue weighted by atomic mass is 10.3. The largest absolute Gasteiger partial charge is 0.449 e. The van der Waals surface area contributed by atoms with Crippen LogP contribution in [0.1, 0.15) is 25.7 Å². The third kappa shape index (κ3) is 11.3. The van der Waals surface area contributed by atoms with E-state index in [9.17, 15) is 0 Å². The first-order valence-corrected chi connectivity index (χ1v) is 13.1. The average Bonchev–Trinajstić information content (AvgIpc) is 2.29. The molecular weight excluding hydrogens is 272 g/mol. The average molecular weight is 303 g/mol. The Labute approximate surface area is 120 Å². The SMILES string of the molecule is C[Si](C)(/C=C/CCCO)O[Si](C)(C)/C=C/CCCO. The number of allylic oxidation sites excluding steroid dienone is 2. The van der Waals surface area contributed by atoms with Crippen LogP contribution >= 0.6 is 0 Å². The van der Waals surface area contributed by atoms with E-state index in [1.165, 1.54) is 0 Å². The van der Waals surface area contributed by atoms with E-state index in [-0.39, 0.29) is 13.2 Å². The maximum absolute atomic E-state index is 8.75. The van der Waals surface area contributed by atoms with Crippen LogP contribution in [0.3, 0.4) is 0 Å². The molecule has 0 aromatic heterocycles. The molecule has 0 aromatic carbocycles. The van der Waals surface area contributed by atoms with Crippen molar-refractivity contribution in [3.63, 3.8) is 0 Å². The summed E-state index contributed by atoms with van der Waals surface area (Å²) in [5.74, 6) is 0. The molecule has 19 heavy (non-hydrogen) atoms. The number of rotatable bonds is 10. The molecule has 2 N–H and O–H groups in total. The van der Waals surface area contributed by atoms with Crippen LogP contribution in [0.4, 0.5) is 0 Å². The minimum absolute atomic E-state index is 0.251. The predicted molar refractivity (Wildman–Crippen MR) is 87.0 cm³/mol. The van der Waals surface area contributed by atoms with Gasteiger partial charge in [-0.25, -0.2) is 0 Å². The molecule has 0 aromatic rings. The summed E-state index contributed by atoms with van der Waals surface area (Å²) in [6.45, 7) is 9.33. The van der Waals surface area contributed by atoms with Crippen LogP contribution in [0.5, 0.6) is 0 Å². The monoisotopic (exact) mass is 302 g/mol. The van der Waals surface area contributed by atoms with Gasteiger partial charge in [0.25, 0.3) is 0 Å². The molecule has 0 rings (SSSR count). The van der Waals surface area contributed by atoms with Gasteiger partial charge >= 0.3 is 0 Å². The predicted octanol–water partition coefficient (Wildman–Crippen LogP) is 3.15. The molecule has 0 aliphatic heterocycles. The zero-order valence-electron chi connectivity index (χ0n) is 12.9. The lowest BCUT2D eigenvalue weighted by Gasteiger charge is -2.29. The summed E-state index contributed by atoms with van der Waals surface area (Å²) < 4.78 is 6.36. The Balaban J connectivity index is 4.28. The van der Waals surface area contributed by atoms with Crippen molar-refractivity contribution in [3.05, 3.63) is 23.6 Å². The summed E-state index contributed by atoms with van der Waals surface area (Å²) in [6, 6.07) is 0. The number of hydrogen-bond acceptors (Lipinski definition) is 3. The van der Waals surface area contributed by atoms with Crippen molar-refractivity contribution in [1.29, 1.82) is 0 Å². The van der Waals surface area contributed by atoms with Gasteiger partial charge in [0.15, 0.2) is 16.6 Å². The highest BCUT2D eigenvalue weighted by Gasteiger charge is 2.28. The maximum Gasteiger partial charge on any atom is 0.198 e. The van der Waals surface area contributed by atoms with Crippen molar-refractivity contribution in [2.45, 2.75) is 51.9 Å². The first kappa shape index (κ1) is 18.8. The van der Waals surface area contributed by atoms with Crippen LogP contribution in [0.15, 0.2) is 23.6 Å². The van der Waals surface area contributed by atoms with Crippen molar-refractivity contribution in [1.82, 2.24) is 0 Å². The topological polar surface area (TPSA) is 49.7 Å². The molecule has 0 fully saturated rings. The van der Waals surface area contributed by atoms with Crippen molar-refractivity contribution >= 4 is 16.6 Å². The number of hydrogen-bond donors (Lipinski definition) is 2. The molecule has 0 saturated heterocycles. The zero-order chi connectivity index (χ0) is 14.8. The van der Waals surface area contributed by atoms with Crippen LogP contribution in [0, 0.1) is 0 Å². The summed E-state index contributed by atoms with van der Waals surface area (Å²) in [4.78, 5) is 0. The molecule has 0 atom stereocenters. The van der Waals surface area contributed by atoms with Gasteiger partial charge in [-0.3, -0.25) is 0 Å². The second kappa shape index (κ2) is 9.66. The Morgan fingerprint density at radius 1 is 0.789 bits per heavy atom. The van der Waals surface area contributed by atoms with Crippen LogP contribution in [-0.2, 0) is 4.12 Å². The Hall–Kier alpha value is -0.206. The lowest BCUT2D eigenvalue weighted by Crippen LogP contribution is -2.42. The molecule has 0 unspecified atom stereocenters. The first-order chi connectivity index (χ1) is 8.83. The van der Waals surface area contributed by atoms with Gasteiger partial charge in [0.2, 0.25) is 0 Å². The van der Waals surface area contributed by atoms with E-state index < -0.39 is 16.6 Å². The van der Waals surface area contributed by atoms with E-state index in [4.69, 9.17) is 14.3 Å². The van der Waals surface area contributed by atoms with Gasteiger partial charge in [-0.05, 0) is 51.9 Å². The molecule has 0 amide bonds. The fourth-order valence-electron chi connectivity index (χ4n) is 1.90. The van der Waals surface area contributed by atoms with E-state index in [2.05, 4.69) is 49.7 Å². The van der Waals surface area contributed by atoms with E-state index >= 15 is 0 Å². The standard InChI is InChI=1S/C14H30O3Si2/c1-18(2,13-9-5-7-11-15)17-19(3,4)14-10-6-8-12-16/h9-10,13-16H,5-8,11-12H2,1-4H3/b13-9+,14-10+. The molecule has 0 radical (unpaired) electrons. The lowest BCUT2D eigenvalue weighted by molar-refractivity contribution is 0.289. The van der Waals surface area contributed by atoms with Crippen molar-refractivity contribution in [2.75, 3.05) is 13.2 Å². The van der Waals surface area contributed by atoms with Crippen LogP contribution in [-0.4, -0.2) is 40.1 Å². The third-order valence-electron chi connectivity index (χ3n) is 2.62. The fourth-order valence-corrected chi connectivity index (χ4v) is 9.34. The number of aliphatic hydroxyl groups excluding tert-OH is 2. The van der Waals surface area contributed by atoms with E-state index in [0.717, 1.165) is 25.7 Å². The molecular formula is C14H30O3Si2. The highest BCUT2D eigenvalue weighted by Crippen LogP contribution is 2.17. The van der Waals surface area contributed by atoms with Gasteiger partial charge in [0.05, 0.1) is 0 Å². The van der Waals surface area contributed by atoms with Gasteiger partial charge in [0, 0.05) is 13.2 Å². The first-order valence-electron chi connectivity index (χ1n) is 7.10. The van der Waals surface area contributed by atoms with Gasteiger partial charge in [-0.15, -0.1) is 0 Å². The number of unbranched alkanes of at least 4 members (excludes halogenated alkanes) is 2. The summed E-state index contributed by atoms with van der Waals surface area (Å²) in [5, 5.41) is 17.5. The highest BCUT2D eigenvalue weighted by molar-refractivity contribution is 6.89. The van der Waals surface area contributed by atoms with Gasteiger partial charge in [-0.2, -0.15) is 0 Å². The molecule has 112 valence electrons. The smallest absolute Gasteiger partial charge is 0.198 e. The molecule has 0 spiro atoms. The molecule has 0 saturated carbocycles. The minimum atomic E-state index is -1.76. The van der Waals surface area contributed by atoms with Gasteiger partial charge in [-0.1, -0.05) is 23.6 Å². The zero-order valence-corrected chi connectivity index (χ0v) is 14.9. The third-order valence-corrected chi connectivity index (χ3v) is 8.91. The van der Waals surface area contributed by atoms with Crippen molar-refractivity contribution in [2.24, 2.45) is 0 Å². The molecule has 0 aliphatic rings. The van der Waals surface area contributed by atoms with Crippen molar-refractivity contribution in [3.8, 4) is 0 Å². The highest BCUT2D eigenvalue weighted by atomic mass is 28.4. The quantitative estimate of drug-likeness (QED) is 0.481. The van der Waals surface area contributed by atoms with Gasteiger partial charge in [0.1, 0.15) is 0 Å². The Kier molecular flexibility index (Phi) is 9.55. The second-order valence-corrected chi connectivity index (χ2v) is 13.7.